The van der Waals surface area contributed by atoms with Gasteiger partial charge >= 0.3 is 0 Å². The third-order valence-electron chi connectivity index (χ3n) is 3.22. The molecule has 0 N–H and O–H groups in total. The normalized spacial score (nSPS) is 12.9. The molecular weight excluding hydrogens is 224 g/mol. The van der Waals surface area contributed by atoms with Gasteiger partial charge in [-0.25, -0.2) is 0 Å². The molecule has 0 unspecified atom stereocenters. The molecule has 2 aromatic rings. The number of ether oxygens (including phenoxy) is 1. The molecule has 0 aromatic heterocycles. The lowest BCUT2D eigenvalue weighted by molar-refractivity contribution is 0.0990. The Morgan fingerprint density at radius 3 is 2.72 bits per heavy atom. The maximum Gasteiger partial charge on any atom is 0.170 e. The van der Waals surface area contributed by atoms with Crippen molar-refractivity contribution in [2.75, 3.05) is 6.61 Å². The van der Waals surface area contributed by atoms with Crippen molar-refractivity contribution in [2.45, 2.75) is 12.8 Å². The molecule has 0 amide bonds. The largest absolute Gasteiger partial charge is 0.492 e. The number of rotatable bonds is 3. The van der Waals surface area contributed by atoms with Gasteiger partial charge in [0.2, 0.25) is 0 Å². The molecule has 0 saturated carbocycles. The van der Waals surface area contributed by atoms with Crippen molar-refractivity contribution in [1.82, 2.24) is 0 Å². The number of para-hydroxylation sites is 1. The fourth-order valence-electron chi connectivity index (χ4n) is 2.31. The number of ketones is 1. The molecule has 18 heavy (non-hydrogen) atoms. The van der Waals surface area contributed by atoms with Gasteiger partial charge in [-0.15, -0.1) is 0 Å². The highest BCUT2D eigenvalue weighted by atomic mass is 16.5. The number of carbonyl (C=O) groups excluding carboxylic acids is 1. The second-order valence-electron chi connectivity index (χ2n) is 4.48. The van der Waals surface area contributed by atoms with Crippen LogP contribution in [-0.4, -0.2) is 12.4 Å². The smallest absolute Gasteiger partial charge is 0.170 e. The van der Waals surface area contributed by atoms with Crippen LogP contribution in [-0.2, 0) is 12.8 Å². The SMILES string of the molecule is O=C(Cc1ccccc1)c1cccc2c1OCC2. The van der Waals surface area contributed by atoms with Crippen molar-refractivity contribution >= 4 is 5.78 Å². The highest BCUT2D eigenvalue weighted by molar-refractivity contribution is 6.00. The predicted molar refractivity (Wildman–Crippen MR) is 70.1 cm³/mol. The fraction of sp³-hybridized carbons (Fsp3) is 0.188. The van der Waals surface area contributed by atoms with E-state index in [-0.39, 0.29) is 5.78 Å². The zero-order chi connectivity index (χ0) is 12.4. The van der Waals surface area contributed by atoms with E-state index < -0.39 is 0 Å². The van der Waals surface area contributed by atoms with Crippen LogP contribution < -0.4 is 4.74 Å². The maximum absolute atomic E-state index is 12.3. The van der Waals surface area contributed by atoms with Crippen LogP contribution in [0.1, 0.15) is 21.5 Å². The van der Waals surface area contributed by atoms with E-state index in [2.05, 4.69) is 0 Å². The summed E-state index contributed by atoms with van der Waals surface area (Å²) in [6, 6.07) is 15.6. The molecule has 1 heterocycles. The molecule has 0 radical (unpaired) electrons. The van der Waals surface area contributed by atoms with E-state index in [0.29, 0.717) is 18.6 Å². The lowest BCUT2D eigenvalue weighted by atomic mass is 10.00. The Labute approximate surface area is 106 Å². The molecular formula is C16H14O2. The van der Waals surface area contributed by atoms with Crippen molar-refractivity contribution < 1.29 is 9.53 Å². The topological polar surface area (TPSA) is 26.3 Å². The maximum atomic E-state index is 12.3. The van der Waals surface area contributed by atoms with Gasteiger partial charge in [0, 0.05) is 12.8 Å². The van der Waals surface area contributed by atoms with Gasteiger partial charge in [0.05, 0.1) is 12.2 Å². The first-order chi connectivity index (χ1) is 8.84. The summed E-state index contributed by atoms with van der Waals surface area (Å²) in [7, 11) is 0. The molecule has 0 saturated heterocycles. The van der Waals surface area contributed by atoms with Crippen LogP contribution in [0.25, 0.3) is 0 Å². The molecule has 1 aliphatic heterocycles. The summed E-state index contributed by atoms with van der Waals surface area (Å²) < 4.78 is 5.57. The zero-order valence-electron chi connectivity index (χ0n) is 10.1. The first-order valence-electron chi connectivity index (χ1n) is 6.16. The molecule has 0 fully saturated rings. The Hall–Kier alpha value is -2.09. The van der Waals surface area contributed by atoms with Gasteiger partial charge in [-0.3, -0.25) is 4.79 Å². The predicted octanol–water partition coefficient (Wildman–Crippen LogP) is 3.05. The van der Waals surface area contributed by atoms with Gasteiger partial charge in [-0.05, 0) is 17.2 Å². The minimum atomic E-state index is 0.125. The van der Waals surface area contributed by atoms with Gasteiger partial charge in [0.25, 0.3) is 0 Å². The molecule has 90 valence electrons. The summed E-state index contributed by atoms with van der Waals surface area (Å²) in [4.78, 5) is 12.3. The second-order valence-corrected chi connectivity index (χ2v) is 4.48. The van der Waals surface area contributed by atoms with Gasteiger partial charge in [-0.1, -0.05) is 42.5 Å². The van der Waals surface area contributed by atoms with E-state index in [4.69, 9.17) is 4.74 Å². The number of hydrogen-bond acceptors (Lipinski definition) is 2. The Balaban J connectivity index is 1.88. The summed E-state index contributed by atoms with van der Waals surface area (Å²) in [5, 5.41) is 0. The van der Waals surface area contributed by atoms with Crippen molar-refractivity contribution in [3.63, 3.8) is 0 Å². The van der Waals surface area contributed by atoms with E-state index in [0.717, 1.165) is 23.3 Å². The van der Waals surface area contributed by atoms with Crippen LogP contribution in [0, 0.1) is 0 Å². The Morgan fingerprint density at radius 2 is 1.89 bits per heavy atom. The minimum Gasteiger partial charge on any atom is -0.492 e. The standard InChI is InChI=1S/C16H14O2/c17-15(11-12-5-2-1-3-6-12)14-8-4-7-13-9-10-18-16(13)14/h1-8H,9-11H2. The molecule has 0 spiro atoms. The lowest BCUT2D eigenvalue weighted by Gasteiger charge is -2.07. The molecule has 2 aromatic carbocycles. The fourth-order valence-corrected chi connectivity index (χ4v) is 2.31. The molecule has 3 rings (SSSR count). The minimum absolute atomic E-state index is 0.125. The van der Waals surface area contributed by atoms with Crippen molar-refractivity contribution in [3.8, 4) is 5.75 Å². The monoisotopic (exact) mass is 238 g/mol. The van der Waals surface area contributed by atoms with E-state index in [1.54, 1.807) is 0 Å². The average Bonchev–Trinajstić information content (AvgIpc) is 2.87. The Morgan fingerprint density at radius 1 is 1.06 bits per heavy atom. The van der Waals surface area contributed by atoms with Gasteiger partial charge in [-0.2, -0.15) is 0 Å². The molecule has 2 heteroatoms. The van der Waals surface area contributed by atoms with Crippen LogP contribution in [0.2, 0.25) is 0 Å². The van der Waals surface area contributed by atoms with Crippen LogP contribution in [0.15, 0.2) is 48.5 Å². The van der Waals surface area contributed by atoms with Crippen LogP contribution in [0.3, 0.4) is 0 Å². The lowest BCUT2D eigenvalue weighted by Crippen LogP contribution is -2.05. The molecule has 0 aliphatic carbocycles. The molecule has 2 nitrogen and oxygen atoms in total. The number of benzene rings is 2. The first kappa shape index (κ1) is 11.0. The summed E-state index contributed by atoms with van der Waals surface area (Å²) in [5.41, 5.74) is 2.90. The van der Waals surface area contributed by atoms with Crippen LogP contribution in [0.4, 0.5) is 0 Å². The Bertz CT molecular complexity index is 573. The van der Waals surface area contributed by atoms with E-state index in [1.807, 2.05) is 48.5 Å². The quantitative estimate of drug-likeness (QED) is 0.768. The summed E-state index contributed by atoms with van der Waals surface area (Å²) in [6.45, 7) is 0.685. The molecule has 1 aliphatic rings. The zero-order valence-corrected chi connectivity index (χ0v) is 10.1. The van der Waals surface area contributed by atoms with E-state index >= 15 is 0 Å². The summed E-state index contributed by atoms with van der Waals surface area (Å²) >= 11 is 0. The first-order valence-corrected chi connectivity index (χ1v) is 6.16. The van der Waals surface area contributed by atoms with Crippen LogP contribution in [0.5, 0.6) is 5.75 Å². The number of carbonyl (C=O) groups is 1. The summed E-state index contributed by atoms with van der Waals surface area (Å²) in [6.07, 6.45) is 1.34. The van der Waals surface area contributed by atoms with Crippen molar-refractivity contribution in [2.24, 2.45) is 0 Å². The number of hydrogen-bond donors (Lipinski definition) is 0. The second kappa shape index (κ2) is 4.65. The highest BCUT2D eigenvalue weighted by Crippen LogP contribution is 2.30. The van der Waals surface area contributed by atoms with Crippen molar-refractivity contribution in [3.05, 3.63) is 65.2 Å². The van der Waals surface area contributed by atoms with Crippen LogP contribution >= 0.6 is 0 Å². The van der Waals surface area contributed by atoms with Gasteiger partial charge in [0.1, 0.15) is 5.75 Å². The molecule has 0 atom stereocenters. The van der Waals surface area contributed by atoms with E-state index in [9.17, 15) is 4.79 Å². The third-order valence-corrected chi connectivity index (χ3v) is 3.22. The molecule has 0 bridgehead atoms. The highest BCUT2D eigenvalue weighted by Gasteiger charge is 2.20. The van der Waals surface area contributed by atoms with Gasteiger partial charge < -0.3 is 4.74 Å². The summed E-state index contributed by atoms with van der Waals surface area (Å²) in [5.74, 6) is 0.915. The third kappa shape index (κ3) is 2.02. The average molecular weight is 238 g/mol. The number of Topliss-reactive ketones (excluding diaryl/α,β-unsaturated/α-hetero) is 1. The number of fused-ring (bicyclic) bond motifs is 1. The van der Waals surface area contributed by atoms with Gasteiger partial charge in [0.15, 0.2) is 5.78 Å². The Kier molecular flexibility index (Phi) is 2.85. The van der Waals surface area contributed by atoms with Crippen molar-refractivity contribution in [1.29, 1.82) is 0 Å². The van der Waals surface area contributed by atoms with E-state index in [1.165, 1.54) is 0 Å².